The van der Waals surface area contributed by atoms with E-state index in [4.69, 9.17) is 11.5 Å². The zero-order valence-corrected chi connectivity index (χ0v) is 9.64. The van der Waals surface area contributed by atoms with E-state index < -0.39 is 0 Å². The second-order valence-electron chi connectivity index (χ2n) is 3.79. The fourth-order valence-electron chi connectivity index (χ4n) is 1.66. The number of hydrogen-bond acceptors (Lipinski definition) is 5. The number of pyridine rings is 2. The predicted octanol–water partition coefficient (Wildman–Crippen LogP) is 1.27. The molecule has 2 aromatic heterocycles. The van der Waals surface area contributed by atoms with E-state index in [1.54, 1.807) is 12.3 Å². The molecule has 0 unspecified atom stereocenters. The Balaban J connectivity index is 2.26. The smallest absolute Gasteiger partial charge is 0.125 e. The van der Waals surface area contributed by atoms with Gasteiger partial charge in [-0.25, -0.2) is 9.97 Å². The van der Waals surface area contributed by atoms with Gasteiger partial charge in [0.15, 0.2) is 0 Å². The van der Waals surface area contributed by atoms with E-state index in [1.807, 2.05) is 25.2 Å². The Morgan fingerprint density at radius 2 is 2.00 bits per heavy atom. The van der Waals surface area contributed by atoms with Gasteiger partial charge in [0.05, 0.1) is 0 Å². The van der Waals surface area contributed by atoms with Crippen LogP contribution < -0.4 is 16.8 Å². The van der Waals surface area contributed by atoms with Crippen molar-refractivity contribution in [1.82, 2.24) is 9.97 Å². The van der Waals surface area contributed by atoms with Crippen LogP contribution in [0.4, 0.5) is 17.3 Å². The monoisotopic (exact) mass is 229 g/mol. The van der Waals surface area contributed by atoms with Crippen molar-refractivity contribution in [3.8, 4) is 0 Å². The standard InChI is InChI=1S/C12H15N5/c1-15-9-6-10(17-12(14)7-9)4-8-2-3-16-11(13)5-8/h2-3,5-7H,4H2,1H3,(H2,13,16)(H3,14,15,17). The normalized spacial score (nSPS) is 10.2. The molecule has 88 valence electrons. The summed E-state index contributed by atoms with van der Waals surface area (Å²) < 4.78 is 0. The first-order valence-corrected chi connectivity index (χ1v) is 5.32. The summed E-state index contributed by atoms with van der Waals surface area (Å²) in [6.45, 7) is 0. The molecule has 5 N–H and O–H groups in total. The van der Waals surface area contributed by atoms with Crippen LogP contribution in [0.2, 0.25) is 0 Å². The molecule has 0 aliphatic heterocycles. The molecule has 17 heavy (non-hydrogen) atoms. The molecule has 0 aliphatic carbocycles. The molecule has 0 atom stereocenters. The van der Waals surface area contributed by atoms with Gasteiger partial charge in [-0.2, -0.15) is 0 Å². The SMILES string of the molecule is CNc1cc(N)nc(Cc2ccnc(N)c2)c1. The van der Waals surface area contributed by atoms with E-state index in [9.17, 15) is 0 Å². The first-order valence-electron chi connectivity index (χ1n) is 5.32. The third kappa shape index (κ3) is 2.84. The van der Waals surface area contributed by atoms with E-state index >= 15 is 0 Å². The van der Waals surface area contributed by atoms with Gasteiger partial charge in [-0.05, 0) is 23.8 Å². The van der Waals surface area contributed by atoms with E-state index in [2.05, 4.69) is 15.3 Å². The first kappa shape index (κ1) is 11.2. The van der Waals surface area contributed by atoms with Gasteiger partial charge < -0.3 is 16.8 Å². The van der Waals surface area contributed by atoms with E-state index in [1.165, 1.54) is 0 Å². The van der Waals surface area contributed by atoms with Crippen molar-refractivity contribution in [2.24, 2.45) is 0 Å². The van der Waals surface area contributed by atoms with Crippen LogP contribution in [0.25, 0.3) is 0 Å². The molecule has 5 heteroatoms. The van der Waals surface area contributed by atoms with Crippen molar-refractivity contribution in [2.45, 2.75) is 6.42 Å². The molecular weight excluding hydrogens is 214 g/mol. The highest BCUT2D eigenvalue weighted by Crippen LogP contribution is 2.16. The Bertz CT molecular complexity index is 524. The Kier molecular flexibility index (Phi) is 3.09. The largest absolute Gasteiger partial charge is 0.388 e. The average Bonchev–Trinajstić information content (AvgIpc) is 2.28. The van der Waals surface area contributed by atoms with Gasteiger partial charge in [0.1, 0.15) is 11.6 Å². The molecule has 0 saturated carbocycles. The number of anilines is 3. The summed E-state index contributed by atoms with van der Waals surface area (Å²) in [5.41, 5.74) is 14.3. The summed E-state index contributed by atoms with van der Waals surface area (Å²) >= 11 is 0. The minimum absolute atomic E-state index is 0.508. The van der Waals surface area contributed by atoms with Crippen molar-refractivity contribution in [2.75, 3.05) is 23.8 Å². The van der Waals surface area contributed by atoms with E-state index in [0.29, 0.717) is 18.1 Å². The molecule has 0 radical (unpaired) electrons. The maximum Gasteiger partial charge on any atom is 0.125 e. The minimum atomic E-state index is 0.508. The Morgan fingerprint density at radius 3 is 2.71 bits per heavy atom. The minimum Gasteiger partial charge on any atom is -0.388 e. The van der Waals surface area contributed by atoms with Crippen LogP contribution in [0.3, 0.4) is 0 Å². The lowest BCUT2D eigenvalue weighted by atomic mass is 10.1. The molecule has 0 fully saturated rings. The summed E-state index contributed by atoms with van der Waals surface area (Å²) in [6.07, 6.45) is 2.38. The average molecular weight is 229 g/mol. The molecule has 0 aliphatic rings. The van der Waals surface area contributed by atoms with Gasteiger partial charge in [0.2, 0.25) is 0 Å². The van der Waals surface area contributed by atoms with Crippen LogP contribution in [0, 0.1) is 0 Å². The molecule has 2 aromatic rings. The van der Waals surface area contributed by atoms with Gasteiger partial charge >= 0.3 is 0 Å². The molecule has 0 saturated heterocycles. The van der Waals surface area contributed by atoms with Gasteiger partial charge in [-0.1, -0.05) is 0 Å². The number of hydrogen-bond donors (Lipinski definition) is 3. The highest BCUT2D eigenvalue weighted by Gasteiger charge is 2.02. The van der Waals surface area contributed by atoms with Crippen LogP contribution >= 0.6 is 0 Å². The summed E-state index contributed by atoms with van der Waals surface area (Å²) in [5, 5.41) is 3.05. The topological polar surface area (TPSA) is 89.8 Å². The van der Waals surface area contributed by atoms with Crippen molar-refractivity contribution >= 4 is 17.3 Å². The molecule has 5 nitrogen and oxygen atoms in total. The molecule has 2 rings (SSSR count). The Hall–Kier alpha value is -2.30. The van der Waals surface area contributed by atoms with Gasteiger partial charge in [-0.3, -0.25) is 0 Å². The number of aromatic nitrogens is 2. The van der Waals surface area contributed by atoms with Gasteiger partial charge in [0.25, 0.3) is 0 Å². The highest BCUT2D eigenvalue weighted by molar-refractivity contribution is 5.52. The number of nitrogen functional groups attached to an aromatic ring is 2. The van der Waals surface area contributed by atoms with E-state index in [0.717, 1.165) is 16.9 Å². The summed E-state index contributed by atoms with van der Waals surface area (Å²) in [6, 6.07) is 7.52. The van der Waals surface area contributed by atoms with E-state index in [-0.39, 0.29) is 0 Å². The maximum absolute atomic E-state index is 5.73. The van der Waals surface area contributed by atoms with Gasteiger partial charge in [-0.15, -0.1) is 0 Å². The van der Waals surface area contributed by atoms with Crippen molar-refractivity contribution in [3.63, 3.8) is 0 Å². The van der Waals surface area contributed by atoms with Gasteiger partial charge in [0, 0.05) is 37.1 Å². The van der Waals surface area contributed by atoms with Crippen LogP contribution in [0.1, 0.15) is 11.3 Å². The second kappa shape index (κ2) is 4.69. The third-order valence-electron chi connectivity index (χ3n) is 2.42. The van der Waals surface area contributed by atoms with Crippen LogP contribution in [-0.4, -0.2) is 17.0 Å². The molecule has 0 aromatic carbocycles. The number of nitrogens with one attached hydrogen (secondary N) is 1. The summed E-state index contributed by atoms with van der Waals surface area (Å²) in [7, 11) is 1.85. The third-order valence-corrected chi connectivity index (χ3v) is 2.42. The Morgan fingerprint density at radius 1 is 1.18 bits per heavy atom. The summed E-state index contributed by atoms with van der Waals surface area (Å²) in [5.74, 6) is 1.02. The molecule has 0 bridgehead atoms. The first-order chi connectivity index (χ1) is 8.17. The molecular formula is C12H15N5. The maximum atomic E-state index is 5.73. The Labute approximate surface area is 99.9 Å². The lowest BCUT2D eigenvalue weighted by Gasteiger charge is -2.06. The fourth-order valence-corrected chi connectivity index (χ4v) is 1.66. The van der Waals surface area contributed by atoms with Crippen molar-refractivity contribution < 1.29 is 0 Å². The second-order valence-corrected chi connectivity index (χ2v) is 3.79. The summed E-state index contributed by atoms with van der Waals surface area (Å²) in [4.78, 5) is 8.24. The predicted molar refractivity (Wildman–Crippen MR) is 69.7 cm³/mol. The van der Waals surface area contributed by atoms with Crippen molar-refractivity contribution in [3.05, 3.63) is 41.7 Å². The zero-order valence-electron chi connectivity index (χ0n) is 9.64. The van der Waals surface area contributed by atoms with Crippen LogP contribution in [-0.2, 0) is 6.42 Å². The quantitative estimate of drug-likeness (QED) is 0.737. The number of nitrogens with two attached hydrogens (primary N) is 2. The zero-order chi connectivity index (χ0) is 12.3. The fraction of sp³-hybridized carbons (Fsp3) is 0.167. The highest BCUT2D eigenvalue weighted by atomic mass is 14.9. The van der Waals surface area contributed by atoms with Crippen molar-refractivity contribution in [1.29, 1.82) is 0 Å². The van der Waals surface area contributed by atoms with Crippen LogP contribution in [0.5, 0.6) is 0 Å². The lowest BCUT2D eigenvalue weighted by molar-refractivity contribution is 1.07. The number of nitrogens with zero attached hydrogens (tertiary/aromatic N) is 2. The molecule has 2 heterocycles. The molecule has 0 amide bonds. The molecule has 0 spiro atoms. The lowest BCUT2D eigenvalue weighted by Crippen LogP contribution is -2.00. The van der Waals surface area contributed by atoms with Crippen LogP contribution in [0.15, 0.2) is 30.5 Å². The number of rotatable bonds is 3.